The van der Waals surface area contributed by atoms with Crippen LogP contribution in [-0.2, 0) is 18.3 Å². The van der Waals surface area contributed by atoms with Gasteiger partial charge in [-0.1, -0.05) is 50.2 Å². The van der Waals surface area contributed by atoms with Crippen LogP contribution >= 0.6 is 0 Å². The van der Waals surface area contributed by atoms with Crippen molar-refractivity contribution in [2.75, 3.05) is 26.4 Å². The van der Waals surface area contributed by atoms with Crippen LogP contribution in [0.25, 0.3) is 11.1 Å². The number of likely N-dealkylation sites (tertiary alicyclic amines) is 1. The SMILES string of the molecule is C[C@H]1C2Cc3ccc(C(=O)NCCc4ccc(-c5ccc6c(c5)OCO6)cc4)cc3[C@@]1(C)CCN2CC1CC1. The molecule has 39 heavy (non-hydrogen) atoms. The minimum atomic E-state index is 0.0272. The van der Waals surface area contributed by atoms with Crippen LogP contribution in [0.15, 0.2) is 60.7 Å². The fourth-order valence-electron chi connectivity index (χ4n) is 7.07. The number of carbonyl (C=O) groups is 1. The molecule has 3 atom stereocenters. The van der Waals surface area contributed by atoms with Crippen LogP contribution in [0.4, 0.5) is 0 Å². The smallest absolute Gasteiger partial charge is 0.251 e. The predicted molar refractivity (Wildman–Crippen MR) is 153 cm³/mol. The van der Waals surface area contributed by atoms with E-state index in [4.69, 9.17) is 9.47 Å². The highest BCUT2D eigenvalue weighted by atomic mass is 16.7. The molecule has 2 aliphatic heterocycles. The van der Waals surface area contributed by atoms with Gasteiger partial charge in [0, 0.05) is 24.7 Å². The molecule has 3 aromatic carbocycles. The molecular weight excluding hydrogens is 484 g/mol. The molecule has 4 aliphatic rings. The standard InChI is InChI=1S/C34H38N2O3/c1-22-30-18-27-9-10-28(17-29(27)34(22,2)14-16-36(30)20-24-3-4-24)33(37)35-15-13-23-5-7-25(8-6-23)26-11-12-31-32(19-26)39-21-38-31/h5-12,17,19,22,24,30H,3-4,13-16,18,20-21H2,1-2H3,(H,35,37)/t22-,30?,34-/m0/s1. The number of amides is 1. The Labute approximate surface area is 231 Å². The van der Waals surface area contributed by atoms with Crippen LogP contribution in [0.2, 0.25) is 0 Å². The number of carbonyl (C=O) groups excluding carboxylic acids is 1. The largest absolute Gasteiger partial charge is 0.454 e. The van der Waals surface area contributed by atoms with Crippen LogP contribution in [0.1, 0.15) is 60.2 Å². The molecule has 1 saturated heterocycles. The van der Waals surface area contributed by atoms with Gasteiger partial charge in [-0.25, -0.2) is 0 Å². The Balaban J connectivity index is 0.985. The van der Waals surface area contributed by atoms with Crippen molar-refractivity contribution in [1.82, 2.24) is 10.2 Å². The third-order valence-corrected chi connectivity index (χ3v) is 9.93. The molecule has 7 rings (SSSR count). The molecule has 1 N–H and O–H groups in total. The Bertz CT molecular complexity index is 1400. The zero-order valence-electron chi connectivity index (χ0n) is 23.0. The molecule has 1 unspecified atom stereocenters. The van der Waals surface area contributed by atoms with Gasteiger partial charge in [-0.15, -0.1) is 0 Å². The monoisotopic (exact) mass is 522 g/mol. The first-order valence-corrected chi connectivity index (χ1v) is 14.6. The van der Waals surface area contributed by atoms with Gasteiger partial charge in [-0.3, -0.25) is 9.69 Å². The minimum absolute atomic E-state index is 0.0272. The summed E-state index contributed by atoms with van der Waals surface area (Å²) in [7, 11) is 0. The Morgan fingerprint density at radius 1 is 1.00 bits per heavy atom. The van der Waals surface area contributed by atoms with E-state index in [1.54, 1.807) is 0 Å². The highest BCUT2D eigenvalue weighted by Gasteiger charge is 2.49. The predicted octanol–water partition coefficient (Wildman–Crippen LogP) is 5.99. The van der Waals surface area contributed by atoms with Crippen LogP contribution in [0, 0.1) is 11.8 Å². The molecule has 0 radical (unpaired) electrons. The Morgan fingerprint density at radius 2 is 1.79 bits per heavy atom. The maximum absolute atomic E-state index is 13.2. The maximum Gasteiger partial charge on any atom is 0.251 e. The summed E-state index contributed by atoms with van der Waals surface area (Å²) in [6.45, 7) is 8.24. The molecule has 5 heteroatoms. The third-order valence-electron chi connectivity index (χ3n) is 9.93. The number of fused-ring (bicyclic) bond motifs is 5. The zero-order chi connectivity index (χ0) is 26.6. The van der Waals surface area contributed by atoms with E-state index in [-0.39, 0.29) is 18.1 Å². The Kier molecular flexibility index (Phi) is 6.15. The number of rotatable bonds is 7. The van der Waals surface area contributed by atoms with Crippen LogP contribution < -0.4 is 14.8 Å². The van der Waals surface area contributed by atoms with Crippen LogP contribution in [0.3, 0.4) is 0 Å². The van der Waals surface area contributed by atoms with Crippen molar-refractivity contribution >= 4 is 5.91 Å². The van der Waals surface area contributed by atoms with Gasteiger partial charge in [0.15, 0.2) is 11.5 Å². The summed E-state index contributed by atoms with van der Waals surface area (Å²) in [5, 5.41) is 3.17. The van der Waals surface area contributed by atoms with E-state index in [0.717, 1.165) is 46.9 Å². The summed E-state index contributed by atoms with van der Waals surface area (Å²) in [5.41, 5.74) is 7.24. The second-order valence-electron chi connectivity index (χ2n) is 12.3. The van der Waals surface area contributed by atoms with E-state index in [1.807, 2.05) is 18.2 Å². The highest BCUT2D eigenvalue weighted by Crippen LogP contribution is 2.49. The van der Waals surface area contributed by atoms with E-state index in [2.05, 4.69) is 66.5 Å². The first-order valence-electron chi connectivity index (χ1n) is 14.6. The molecule has 2 bridgehead atoms. The lowest BCUT2D eigenvalue weighted by Crippen LogP contribution is -2.58. The topological polar surface area (TPSA) is 50.8 Å². The van der Waals surface area contributed by atoms with Gasteiger partial charge >= 0.3 is 0 Å². The minimum Gasteiger partial charge on any atom is -0.454 e. The van der Waals surface area contributed by atoms with Crippen molar-refractivity contribution < 1.29 is 14.3 Å². The fraction of sp³-hybridized carbons (Fsp3) is 0.441. The van der Waals surface area contributed by atoms with Crippen molar-refractivity contribution in [3.8, 4) is 22.6 Å². The molecule has 1 amide bonds. The van der Waals surface area contributed by atoms with E-state index in [1.165, 1.54) is 49.0 Å². The summed E-state index contributed by atoms with van der Waals surface area (Å²) in [6, 6.07) is 21.7. The van der Waals surface area contributed by atoms with Crippen molar-refractivity contribution in [2.24, 2.45) is 11.8 Å². The third kappa shape index (κ3) is 4.61. The molecule has 2 heterocycles. The average molecular weight is 523 g/mol. The fourth-order valence-corrected chi connectivity index (χ4v) is 7.07. The summed E-state index contributed by atoms with van der Waals surface area (Å²) >= 11 is 0. The normalized spacial score (nSPS) is 25.3. The maximum atomic E-state index is 13.2. The summed E-state index contributed by atoms with van der Waals surface area (Å²) in [4.78, 5) is 15.9. The number of benzene rings is 3. The molecular formula is C34H38N2O3. The first kappa shape index (κ1) is 24.7. The van der Waals surface area contributed by atoms with Crippen molar-refractivity contribution in [3.63, 3.8) is 0 Å². The average Bonchev–Trinajstić information content (AvgIpc) is 3.65. The number of hydrogen-bond donors (Lipinski definition) is 1. The number of nitrogens with one attached hydrogen (secondary N) is 1. The van der Waals surface area contributed by atoms with Gasteiger partial charge in [-0.05, 0) is 108 Å². The van der Waals surface area contributed by atoms with Crippen molar-refractivity contribution in [1.29, 1.82) is 0 Å². The molecule has 0 aromatic heterocycles. The molecule has 0 spiro atoms. The van der Waals surface area contributed by atoms with Crippen molar-refractivity contribution in [3.05, 3.63) is 82.9 Å². The lowest BCUT2D eigenvalue weighted by molar-refractivity contribution is 0.0284. The lowest BCUT2D eigenvalue weighted by Gasteiger charge is -2.55. The second kappa shape index (κ2) is 9.71. The lowest BCUT2D eigenvalue weighted by atomic mass is 9.59. The second-order valence-corrected chi connectivity index (χ2v) is 12.3. The van der Waals surface area contributed by atoms with Gasteiger partial charge in [0.1, 0.15) is 0 Å². The van der Waals surface area contributed by atoms with E-state index >= 15 is 0 Å². The Morgan fingerprint density at radius 3 is 2.62 bits per heavy atom. The molecule has 2 aliphatic carbocycles. The van der Waals surface area contributed by atoms with Crippen LogP contribution in [0.5, 0.6) is 11.5 Å². The zero-order valence-corrected chi connectivity index (χ0v) is 23.0. The van der Waals surface area contributed by atoms with Gasteiger partial charge in [-0.2, -0.15) is 0 Å². The van der Waals surface area contributed by atoms with Gasteiger partial charge < -0.3 is 14.8 Å². The molecule has 2 fully saturated rings. The van der Waals surface area contributed by atoms with E-state index < -0.39 is 0 Å². The first-order chi connectivity index (χ1) is 19.0. The van der Waals surface area contributed by atoms with Gasteiger partial charge in [0.2, 0.25) is 6.79 Å². The summed E-state index contributed by atoms with van der Waals surface area (Å²) < 4.78 is 10.9. The van der Waals surface area contributed by atoms with Gasteiger partial charge in [0.05, 0.1) is 0 Å². The highest BCUT2D eigenvalue weighted by molar-refractivity contribution is 5.94. The number of hydrogen-bond acceptors (Lipinski definition) is 4. The summed E-state index contributed by atoms with van der Waals surface area (Å²) in [5.74, 6) is 3.16. The molecule has 3 aromatic rings. The number of piperidine rings is 1. The quantitative estimate of drug-likeness (QED) is 0.414. The Hall–Kier alpha value is -3.31. The number of nitrogens with zero attached hydrogens (tertiary/aromatic N) is 1. The van der Waals surface area contributed by atoms with Crippen molar-refractivity contribution in [2.45, 2.75) is 57.4 Å². The molecule has 202 valence electrons. The van der Waals surface area contributed by atoms with E-state index in [9.17, 15) is 4.79 Å². The summed E-state index contributed by atoms with van der Waals surface area (Å²) in [6.07, 6.45) is 5.92. The molecule has 5 nitrogen and oxygen atoms in total. The molecule has 1 saturated carbocycles. The van der Waals surface area contributed by atoms with Crippen LogP contribution in [-0.4, -0.2) is 43.3 Å². The van der Waals surface area contributed by atoms with E-state index in [0.29, 0.717) is 18.5 Å². The van der Waals surface area contributed by atoms with Gasteiger partial charge in [0.25, 0.3) is 5.91 Å². The number of ether oxygens (including phenoxy) is 2.